The summed E-state index contributed by atoms with van der Waals surface area (Å²) in [6.45, 7) is 9.83. The Balaban J connectivity index is 1.55. The van der Waals surface area contributed by atoms with E-state index in [1.807, 2.05) is 0 Å². The Labute approximate surface area is 236 Å². The molecule has 0 spiro atoms. The third kappa shape index (κ3) is 5.06. The van der Waals surface area contributed by atoms with E-state index in [1.165, 1.54) is 32.6 Å². The molecule has 0 saturated carbocycles. The molecule has 2 nitrogen and oxygen atoms in total. The molecule has 0 fully saturated rings. The number of phenolic OH excluding ortho intramolecular Hbond substituents is 1. The molecule has 0 aromatic heterocycles. The minimum Gasteiger partial charge on any atom is -0.507 e. The maximum Gasteiger partial charge on any atom is 0.126 e. The maximum absolute atomic E-state index is 10.7. The van der Waals surface area contributed by atoms with Crippen molar-refractivity contribution in [2.45, 2.75) is 53.4 Å². The molecule has 0 amide bonds. The second kappa shape index (κ2) is 11.3. The maximum atomic E-state index is 10.7. The second-order valence-electron chi connectivity index (χ2n) is 11.7. The predicted octanol–water partition coefficient (Wildman–Crippen LogP) is 7.09. The molecule has 0 bridgehead atoms. The van der Waals surface area contributed by atoms with Gasteiger partial charge in [-0.3, -0.25) is 4.90 Å². The van der Waals surface area contributed by atoms with Crippen molar-refractivity contribution in [3.63, 3.8) is 0 Å². The molecule has 4 aromatic rings. The molecule has 5 rings (SSSR count). The van der Waals surface area contributed by atoms with Crippen LogP contribution in [-0.4, -0.2) is 29.9 Å². The van der Waals surface area contributed by atoms with E-state index in [2.05, 4.69) is 131 Å². The zero-order valence-electron chi connectivity index (χ0n) is 24.2. The Hall–Kier alpha value is -2.93. The minimum atomic E-state index is -1.92. The van der Waals surface area contributed by atoms with Crippen molar-refractivity contribution in [2.75, 3.05) is 19.9 Å². The highest BCUT2D eigenvalue weighted by atomic mass is 31.2. The fourth-order valence-corrected chi connectivity index (χ4v) is 11.2. The third-order valence-electron chi connectivity index (χ3n) is 9.40. The standard InChI is InChI=1S/C36H42NOP/c1-6-36(23-22-33-29(4)35(38)28(3)27(2)34(33)24-36)25-37(5)26-39(30-16-10-7-11-17-30,31-18-12-8-13-19-31)32-20-14-9-15-21-32/h7-21H,6,22-26H2,1-5H3/p+1. The van der Waals surface area contributed by atoms with Crippen LogP contribution in [0.5, 0.6) is 5.75 Å². The molecule has 1 aliphatic carbocycles. The molecule has 0 saturated heterocycles. The topological polar surface area (TPSA) is 23.5 Å². The first-order chi connectivity index (χ1) is 18.8. The van der Waals surface area contributed by atoms with Crippen molar-refractivity contribution < 1.29 is 5.11 Å². The van der Waals surface area contributed by atoms with Crippen molar-refractivity contribution in [1.82, 2.24) is 4.90 Å². The molecule has 1 N–H and O–H groups in total. The van der Waals surface area contributed by atoms with Crippen LogP contribution in [0.15, 0.2) is 91.0 Å². The fraction of sp³-hybridized carbons (Fsp3) is 0.333. The Morgan fingerprint density at radius 3 is 1.67 bits per heavy atom. The minimum absolute atomic E-state index is 0.224. The highest BCUT2D eigenvalue weighted by molar-refractivity contribution is 7.95. The molecule has 1 aliphatic rings. The number of fused-ring (bicyclic) bond motifs is 1. The van der Waals surface area contributed by atoms with Gasteiger partial charge in [-0.1, -0.05) is 61.5 Å². The lowest BCUT2D eigenvalue weighted by Gasteiger charge is -2.42. The number of hydrogen-bond donors (Lipinski definition) is 1. The van der Waals surface area contributed by atoms with Crippen LogP contribution < -0.4 is 15.9 Å². The first kappa shape index (κ1) is 27.6. The monoisotopic (exact) mass is 536 g/mol. The van der Waals surface area contributed by atoms with Crippen LogP contribution in [-0.2, 0) is 12.8 Å². The largest absolute Gasteiger partial charge is 0.507 e. The number of benzene rings is 4. The van der Waals surface area contributed by atoms with E-state index in [1.54, 1.807) is 0 Å². The zero-order chi connectivity index (χ0) is 27.6. The Kier molecular flexibility index (Phi) is 7.99. The van der Waals surface area contributed by atoms with Gasteiger partial charge >= 0.3 is 0 Å². The summed E-state index contributed by atoms with van der Waals surface area (Å²) in [5.41, 5.74) is 6.53. The number of hydrogen-bond acceptors (Lipinski definition) is 2. The molecular weight excluding hydrogens is 493 g/mol. The molecule has 4 aromatic carbocycles. The highest BCUT2D eigenvalue weighted by Gasteiger charge is 2.47. The molecule has 3 heteroatoms. The summed E-state index contributed by atoms with van der Waals surface area (Å²) in [4.78, 5) is 2.64. The number of phenols is 1. The van der Waals surface area contributed by atoms with E-state index in [-0.39, 0.29) is 5.41 Å². The Bertz CT molecular complexity index is 1320. The normalized spacial score (nSPS) is 17.3. The van der Waals surface area contributed by atoms with Gasteiger partial charge in [0.1, 0.15) is 35.2 Å². The lowest BCUT2D eigenvalue weighted by atomic mass is 9.67. The smallest absolute Gasteiger partial charge is 0.126 e. The van der Waals surface area contributed by atoms with Gasteiger partial charge < -0.3 is 5.11 Å². The second-order valence-corrected chi connectivity index (χ2v) is 15.1. The van der Waals surface area contributed by atoms with Crippen molar-refractivity contribution in [3.05, 3.63) is 119 Å². The van der Waals surface area contributed by atoms with Crippen molar-refractivity contribution in [2.24, 2.45) is 5.41 Å². The van der Waals surface area contributed by atoms with Crippen LogP contribution in [0.4, 0.5) is 0 Å². The SMILES string of the molecule is CCC1(CN(C)C[P+](c2ccccc2)(c2ccccc2)c2ccccc2)CCc2c(C)c(O)c(C)c(C)c2C1. The van der Waals surface area contributed by atoms with Crippen LogP contribution in [0.3, 0.4) is 0 Å². The molecule has 0 heterocycles. The van der Waals surface area contributed by atoms with Crippen LogP contribution in [0.2, 0.25) is 0 Å². The zero-order valence-corrected chi connectivity index (χ0v) is 25.1. The number of rotatable bonds is 8. The first-order valence-corrected chi connectivity index (χ1v) is 16.3. The summed E-state index contributed by atoms with van der Waals surface area (Å²) in [5.74, 6) is 0.496. The van der Waals surface area contributed by atoms with Crippen LogP contribution in [0.1, 0.15) is 47.6 Å². The van der Waals surface area contributed by atoms with E-state index < -0.39 is 7.26 Å². The molecule has 39 heavy (non-hydrogen) atoms. The Morgan fingerprint density at radius 2 is 1.21 bits per heavy atom. The number of nitrogens with zero attached hydrogens (tertiary/aromatic N) is 1. The molecule has 202 valence electrons. The fourth-order valence-electron chi connectivity index (χ4n) is 6.98. The summed E-state index contributed by atoms with van der Waals surface area (Å²) < 4.78 is 0. The van der Waals surface area contributed by atoms with Gasteiger partial charge in [-0.2, -0.15) is 0 Å². The van der Waals surface area contributed by atoms with Gasteiger partial charge in [-0.05, 0) is 123 Å². The summed E-state index contributed by atoms with van der Waals surface area (Å²) in [7, 11) is 0.422. The molecular formula is C36H43NOP+. The molecule has 0 aliphatic heterocycles. The average molecular weight is 537 g/mol. The average Bonchev–Trinajstić information content (AvgIpc) is 2.99. The molecule has 1 atom stereocenters. The van der Waals surface area contributed by atoms with Gasteiger partial charge in [-0.25, -0.2) is 0 Å². The van der Waals surface area contributed by atoms with Gasteiger partial charge in [0, 0.05) is 6.54 Å². The summed E-state index contributed by atoms with van der Waals surface area (Å²) >= 11 is 0. The van der Waals surface area contributed by atoms with Gasteiger partial charge in [0.15, 0.2) is 0 Å². The summed E-state index contributed by atoms with van der Waals surface area (Å²) in [6, 6.07) is 33.6. The first-order valence-electron chi connectivity index (χ1n) is 14.4. The van der Waals surface area contributed by atoms with Crippen LogP contribution >= 0.6 is 7.26 Å². The van der Waals surface area contributed by atoms with Crippen LogP contribution in [0.25, 0.3) is 0 Å². The van der Waals surface area contributed by atoms with E-state index in [9.17, 15) is 5.11 Å². The Morgan fingerprint density at radius 1 is 0.718 bits per heavy atom. The third-order valence-corrected chi connectivity index (χ3v) is 13.8. The van der Waals surface area contributed by atoms with Crippen molar-refractivity contribution in [3.8, 4) is 5.75 Å². The van der Waals surface area contributed by atoms with Crippen molar-refractivity contribution >= 4 is 23.2 Å². The van der Waals surface area contributed by atoms with E-state index in [0.29, 0.717) is 5.75 Å². The van der Waals surface area contributed by atoms with E-state index in [0.717, 1.165) is 49.6 Å². The number of aromatic hydroxyl groups is 1. The molecule has 1 unspecified atom stereocenters. The summed E-state index contributed by atoms with van der Waals surface area (Å²) in [5, 5.41) is 15.0. The van der Waals surface area contributed by atoms with Crippen LogP contribution in [0, 0.1) is 26.2 Å². The van der Waals surface area contributed by atoms with Crippen molar-refractivity contribution in [1.29, 1.82) is 0 Å². The quantitative estimate of drug-likeness (QED) is 0.243. The summed E-state index contributed by atoms with van der Waals surface area (Å²) in [6.07, 6.45) is 5.46. The van der Waals surface area contributed by atoms with E-state index in [4.69, 9.17) is 0 Å². The van der Waals surface area contributed by atoms with Gasteiger partial charge in [-0.15, -0.1) is 0 Å². The lowest BCUT2D eigenvalue weighted by molar-refractivity contribution is 0.158. The predicted molar refractivity (Wildman–Crippen MR) is 170 cm³/mol. The highest BCUT2D eigenvalue weighted by Crippen LogP contribution is 2.56. The van der Waals surface area contributed by atoms with Gasteiger partial charge in [0.05, 0.1) is 0 Å². The van der Waals surface area contributed by atoms with E-state index >= 15 is 0 Å². The lowest BCUT2D eigenvalue weighted by Crippen LogP contribution is -2.44. The van der Waals surface area contributed by atoms with Gasteiger partial charge in [0.2, 0.25) is 0 Å². The van der Waals surface area contributed by atoms with Gasteiger partial charge in [0.25, 0.3) is 0 Å². The molecule has 0 radical (unpaired) electrons.